The van der Waals surface area contributed by atoms with Gasteiger partial charge >= 0.3 is 0 Å². The number of hydrogen-bond donors (Lipinski definition) is 2. The fourth-order valence-electron chi connectivity index (χ4n) is 3.17. The van der Waals surface area contributed by atoms with Crippen LogP contribution in [0.25, 0.3) is 21.9 Å². The maximum absolute atomic E-state index is 12.4. The summed E-state index contributed by atoms with van der Waals surface area (Å²) in [4.78, 5) is 12.4. The predicted octanol–water partition coefficient (Wildman–Crippen LogP) is 3.45. The van der Waals surface area contributed by atoms with Gasteiger partial charge in [0.2, 0.25) is 0 Å². The zero-order valence-corrected chi connectivity index (χ0v) is 15.2. The molecule has 2 aromatic carbocycles. The van der Waals surface area contributed by atoms with Crippen LogP contribution in [0, 0.1) is 0 Å². The molecule has 0 bridgehead atoms. The van der Waals surface area contributed by atoms with Crippen LogP contribution in [0.3, 0.4) is 0 Å². The lowest BCUT2D eigenvalue weighted by Crippen LogP contribution is -2.86. The van der Waals surface area contributed by atoms with E-state index < -0.39 is 0 Å². The van der Waals surface area contributed by atoms with E-state index in [1.165, 1.54) is 0 Å². The smallest absolute Gasteiger partial charge is 0.279 e. The summed E-state index contributed by atoms with van der Waals surface area (Å²) < 4.78 is 16.7. The number of quaternary nitrogens is 1. The van der Waals surface area contributed by atoms with Gasteiger partial charge in [-0.1, -0.05) is 18.2 Å². The van der Waals surface area contributed by atoms with Crippen LogP contribution in [0.2, 0.25) is 0 Å². The summed E-state index contributed by atoms with van der Waals surface area (Å²) in [6, 6.07) is 15.3. The van der Waals surface area contributed by atoms with Crippen molar-refractivity contribution >= 4 is 33.5 Å². The average Bonchev–Trinajstić information content (AvgIpc) is 3.33. The molecular weight excluding hydrogens is 344 g/mol. The van der Waals surface area contributed by atoms with Gasteiger partial charge in [0.05, 0.1) is 19.1 Å². The summed E-state index contributed by atoms with van der Waals surface area (Å²) in [5.74, 6) is 1.31. The summed E-state index contributed by atoms with van der Waals surface area (Å²) in [5.41, 5.74) is 2.10. The van der Waals surface area contributed by atoms with Gasteiger partial charge in [-0.05, 0) is 31.2 Å². The molecule has 2 heterocycles. The van der Waals surface area contributed by atoms with Gasteiger partial charge in [-0.3, -0.25) is 4.79 Å². The Balaban J connectivity index is 1.53. The molecule has 2 aromatic heterocycles. The Kier molecular flexibility index (Phi) is 4.56. The third-order valence-corrected chi connectivity index (χ3v) is 4.62. The second-order valence-electron chi connectivity index (χ2n) is 6.44. The second-order valence-corrected chi connectivity index (χ2v) is 6.44. The first-order valence-corrected chi connectivity index (χ1v) is 8.81. The molecule has 4 rings (SSSR count). The van der Waals surface area contributed by atoms with Gasteiger partial charge in [0.1, 0.15) is 23.0 Å². The molecule has 138 valence electrons. The van der Waals surface area contributed by atoms with Gasteiger partial charge < -0.3 is 24.2 Å². The van der Waals surface area contributed by atoms with E-state index >= 15 is 0 Å². The lowest BCUT2D eigenvalue weighted by atomic mass is 10.1. The van der Waals surface area contributed by atoms with Crippen molar-refractivity contribution in [2.24, 2.45) is 0 Å². The minimum absolute atomic E-state index is 0.0606. The number of nitrogens with one attached hydrogen (secondary N) is 1. The summed E-state index contributed by atoms with van der Waals surface area (Å²) in [6.45, 7) is 2.26. The van der Waals surface area contributed by atoms with Crippen LogP contribution in [0.4, 0.5) is 5.69 Å². The minimum Gasteiger partial charge on any atom is -0.495 e. The quantitative estimate of drug-likeness (QED) is 0.548. The van der Waals surface area contributed by atoms with E-state index in [-0.39, 0.29) is 18.5 Å². The van der Waals surface area contributed by atoms with Crippen LogP contribution >= 0.6 is 0 Å². The average molecular weight is 365 g/mol. The third kappa shape index (κ3) is 3.39. The van der Waals surface area contributed by atoms with Crippen LogP contribution in [0.5, 0.6) is 5.75 Å². The Bertz CT molecular complexity index is 1080. The second kappa shape index (κ2) is 7.17. The molecule has 0 radical (unpaired) electrons. The molecule has 27 heavy (non-hydrogen) atoms. The number of rotatable bonds is 6. The first kappa shape index (κ1) is 17.2. The van der Waals surface area contributed by atoms with Gasteiger partial charge in [0.15, 0.2) is 12.3 Å². The van der Waals surface area contributed by atoms with E-state index in [0.717, 1.165) is 22.1 Å². The molecule has 6 nitrogen and oxygen atoms in total. The summed E-state index contributed by atoms with van der Waals surface area (Å²) in [7, 11) is 1.59. The lowest BCUT2D eigenvalue weighted by Gasteiger charge is -2.11. The predicted molar refractivity (Wildman–Crippen MR) is 103 cm³/mol. The van der Waals surface area contributed by atoms with Crippen LogP contribution in [-0.4, -0.2) is 19.6 Å². The summed E-state index contributed by atoms with van der Waals surface area (Å²) in [5, 5.41) is 6.80. The van der Waals surface area contributed by atoms with E-state index in [0.29, 0.717) is 17.0 Å². The van der Waals surface area contributed by atoms with Crippen molar-refractivity contribution < 1.29 is 23.7 Å². The Morgan fingerprint density at radius 3 is 2.78 bits per heavy atom. The first-order chi connectivity index (χ1) is 13.2. The van der Waals surface area contributed by atoms with Crippen LogP contribution in [0.15, 0.2) is 63.6 Å². The molecule has 0 saturated carbocycles. The summed E-state index contributed by atoms with van der Waals surface area (Å²) in [6.07, 6.45) is 1.63. The fraction of sp³-hybridized carbons (Fsp3) is 0.190. The zero-order valence-electron chi connectivity index (χ0n) is 15.2. The molecular formula is C21H21N2O4+. The molecule has 1 amide bonds. The van der Waals surface area contributed by atoms with Gasteiger partial charge in [0.25, 0.3) is 5.91 Å². The van der Waals surface area contributed by atoms with Gasteiger partial charge in [-0.25, -0.2) is 0 Å². The van der Waals surface area contributed by atoms with E-state index in [4.69, 9.17) is 13.6 Å². The molecule has 6 heteroatoms. The lowest BCUT2D eigenvalue weighted by molar-refractivity contribution is -0.684. The number of methoxy groups -OCH3 is 1. The number of hydrogen-bond acceptors (Lipinski definition) is 4. The normalized spacial score (nSPS) is 12.4. The highest BCUT2D eigenvalue weighted by atomic mass is 16.5. The number of anilines is 1. The molecule has 0 saturated heterocycles. The number of ether oxygens (including phenoxy) is 1. The summed E-state index contributed by atoms with van der Waals surface area (Å²) >= 11 is 0. The first-order valence-electron chi connectivity index (χ1n) is 8.81. The Labute approximate surface area is 156 Å². The highest BCUT2D eigenvalue weighted by Gasteiger charge is 2.17. The van der Waals surface area contributed by atoms with Crippen LogP contribution in [-0.2, 0) is 4.79 Å². The van der Waals surface area contributed by atoms with Crippen molar-refractivity contribution in [1.29, 1.82) is 0 Å². The number of carbonyl (C=O) groups is 1. The number of amides is 1. The van der Waals surface area contributed by atoms with E-state index in [1.54, 1.807) is 13.4 Å². The van der Waals surface area contributed by atoms with Gasteiger partial charge in [-0.15, -0.1) is 0 Å². The van der Waals surface area contributed by atoms with E-state index in [9.17, 15) is 4.79 Å². The molecule has 0 aliphatic carbocycles. The molecule has 0 fully saturated rings. The third-order valence-electron chi connectivity index (χ3n) is 4.62. The maximum Gasteiger partial charge on any atom is 0.279 e. The number of para-hydroxylation sites is 1. The van der Waals surface area contributed by atoms with E-state index in [1.807, 2.05) is 60.8 Å². The van der Waals surface area contributed by atoms with Crippen LogP contribution < -0.4 is 15.4 Å². The Hall–Kier alpha value is -3.25. The number of furan rings is 2. The van der Waals surface area contributed by atoms with Crippen molar-refractivity contribution in [3.05, 3.63) is 60.6 Å². The highest BCUT2D eigenvalue weighted by molar-refractivity contribution is 6.07. The highest BCUT2D eigenvalue weighted by Crippen LogP contribution is 2.36. The molecule has 3 N–H and O–H groups in total. The number of nitrogens with two attached hydrogens (primary N) is 1. The topological polar surface area (TPSA) is 81.2 Å². The molecule has 0 spiro atoms. The number of benzene rings is 2. The molecule has 1 atom stereocenters. The van der Waals surface area contributed by atoms with Crippen molar-refractivity contribution in [1.82, 2.24) is 0 Å². The fourth-order valence-corrected chi connectivity index (χ4v) is 3.17. The van der Waals surface area contributed by atoms with Crippen molar-refractivity contribution in [2.45, 2.75) is 13.0 Å². The molecule has 4 aromatic rings. The standard InChI is InChI=1S/C21H20N2O4/c1-13(17-8-5-9-26-17)22-12-21(24)23-16-11-19-15(10-20(16)25-2)14-6-3-4-7-18(14)27-19/h3-11,13,22H,12H2,1-2H3,(H,23,24)/p+1/t13-/m0/s1. The van der Waals surface area contributed by atoms with Crippen molar-refractivity contribution in [2.75, 3.05) is 19.0 Å². The SMILES string of the molecule is COc1cc2c(cc1NC(=O)C[NH2+][C@@H](C)c1ccco1)oc1ccccc12. The van der Waals surface area contributed by atoms with Gasteiger partial charge in [-0.2, -0.15) is 0 Å². The van der Waals surface area contributed by atoms with Crippen molar-refractivity contribution in [3.63, 3.8) is 0 Å². The minimum atomic E-state index is -0.123. The number of fused-ring (bicyclic) bond motifs is 3. The van der Waals surface area contributed by atoms with E-state index in [2.05, 4.69) is 5.32 Å². The molecule has 0 unspecified atom stereocenters. The monoisotopic (exact) mass is 365 g/mol. The zero-order chi connectivity index (χ0) is 18.8. The molecule has 0 aliphatic rings. The Morgan fingerprint density at radius 1 is 1.15 bits per heavy atom. The number of carbonyl (C=O) groups excluding carboxylic acids is 1. The van der Waals surface area contributed by atoms with Gasteiger partial charge in [0, 0.05) is 16.8 Å². The molecule has 0 aliphatic heterocycles. The largest absolute Gasteiger partial charge is 0.495 e. The van der Waals surface area contributed by atoms with Crippen LogP contribution in [0.1, 0.15) is 18.7 Å². The Morgan fingerprint density at radius 2 is 2.00 bits per heavy atom. The maximum atomic E-state index is 12.4. The van der Waals surface area contributed by atoms with Crippen molar-refractivity contribution in [3.8, 4) is 5.75 Å².